The van der Waals surface area contributed by atoms with Gasteiger partial charge in [0.2, 0.25) is 0 Å². The summed E-state index contributed by atoms with van der Waals surface area (Å²) in [7, 11) is 0. The third kappa shape index (κ3) is 2.62. The summed E-state index contributed by atoms with van der Waals surface area (Å²) in [6, 6.07) is 2.08. The van der Waals surface area contributed by atoms with Crippen molar-refractivity contribution in [1.29, 1.82) is 0 Å². The zero-order valence-corrected chi connectivity index (χ0v) is 8.53. The molecule has 1 rings (SSSR count). The van der Waals surface area contributed by atoms with E-state index in [-0.39, 0.29) is 35.0 Å². The second-order valence-electron chi connectivity index (χ2n) is 3.39. The maximum Gasteiger partial charge on any atom is 0.170 e. The summed E-state index contributed by atoms with van der Waals surface area (Å²) < 4.78 is 0. The van der Waals surface area contributed by atoms with Gasteiger partial charge in [-0.3, -0.25) is 4.79 Å². The third-order valence-corrected chi connectivity index (χ3v) is 2.12. The van der Waals surface area contributed by atoms with Crippen LogP contribution in [-0.4, -0.2) is 21.1 Å². The standard InChI is InChI=1S/C11H14O4/c1-2-3-4-8(13)11-9(14)5-7(12)6-10(11)15/h5-6,12,14-15H,2-4H2,1H3. The molecule has 0 amide bonds. The van der Waals surface area contributed by atoms with Gasteiger partial charge in [0.25, 0.3) is 0 Å². The molecule has 0 spiro atoms. The van der Waals surface area contributed by atoms with Crippen molar-refractivity contribution in [3.63, 3.8) is 0 Å². The predicted octanol–water partition coefficient (Wildman–Crippen LogP) is 2.18. The smallest absolute Gasteiger partial charge is 0.170 e. The molecule has 0 atom stereocenters. The number of phenolic OH excluding ortho intramolecular Hbond substituents is 3. The largest absolute Gasteiger partial charge is 0.508 e. The third-order valence-electron chi connectivity index (χ3n) is 2.12. The van der Waals surface area contributed by atoms with Crippen molar-refractivity contribution in [3.05, 3.63) is 17.7 Å². The molecule has 0 aliphatic heterocycles. The highest BCUT2D eigenvalue weighted by molar-refractivity contribution is 6.01. The Balaban J connectivity index is 2.98. The Kier molecular flexibility index (Phi) is 3.55. The number of hydrogen-bond acceptors (Lipinski definition) is 4. The van der Waals surface area contributed by atoms with E-state index in [9.17, 15) is 15.0 Å². The summed E-state index contributed by atoms with van der Waals surface area (Å²) in [5.74, 6) is -1.34. The molecule has 0 aromatic heterocycles. The zero-order chi connectivity index (χ0) is 11.4. The molecule has 0 saturated heterocycles. The van der Waals surface area contributed by atoms with Crippen LogP contribution in [0.1, 0.15) is 36.5 Å². The number of unbranched alkanes of at least 4 members (excludes halogenated alkanes) is 1. The Morgan fingerprint density at radius 1 is 1.20 bits per heavy atom. The van der Waals surface area contributed by atoms with E-state index >= 15 is 0 Å². The fraction of sp³-hybridized carbons (Fsp3) is 0.364. The van der Waals surface area contributed by atoms with Gasteiger partial charge in [0.15, 0.2) is 5.78 Å². The summed E-state index contributed by atoms with van der Waals surface area (Å²) in [6.45, 7) is 1.95. The second kappa shape index (κ2) is 4.68. The zero-order valence-electron chi connectivity index (χ0n) is 8.53. The molecule has 0 aliphatic rings. The molecule has 0 radical (unpaired) electrons. The van der Waals surface area contributed by atoms with Crippen molar-refractivity contribution in [1.82, 2.24) is 0 Å². The Morgan fingerprint density at radius 2 is 1.73 bits per heavy atom. The van der Waals surface area contributed by atoms with Crippen LogP contribution in [0, 0.1) is 0 Å². The maximum absolute atomic E-state index is 11.6. The minimum atomic E-state index is -0.381. The molecule has 4 nitrogen and oxygen atoms in total. The van der Waals surface area contributed by atoms with E-state index in [4.69, 9.17) is 5.11 Å². The molecule has 0 fully saturated rings. The van der Waals surface area contributed by atoms with Crippen molar-refractivity contribution >= 4 is 5.78 Å². The van der Waals surface area contributed by atoms with Crippen molar-refractivity contribution in [2.45, 2.75) is 26.2 Å². The number of hydrogen-bond donors (Lipinski definition) is 3. The highest BCUT2D eigenvalue weighted by Gasteiger charge is 2.16. The SMILES string of the molecule is CCCCC(=O)c1c(O)cc(O)cc1O. The first-order valence-corrected chi connectivity index (χ1v) is 4.84. The minimum Gasteiger partial charge on any atom is -0.508 e. The molecule has 0 aliphatic carbocycles. The van der Waals surface area contributed by atoms with Crippen LogP contribution in [0.3, 0.4) is 0 Å². The van der Waals surface area contributed by atoms with Gasteiger partial charge in [0.05, 0.1) is 0 Å². The van der Waals surface area contributed by atoms with Crippen LogP contribution in [-0.2, 0) is 0 Å². The van der Waals surface area contributed by atoms with E-state index in [0.717, 1.165) is 18.6 Å². The molecule has 15 heavy (non-hydrogen) atoms. The summed E-state index contributed by atoms with van der Waals surface area (Å²) in [5.41, 5.74) is -0.110. The molecule has 4 heteroatoms. The summed E-state index contributed by atoms with van der Waals surface area (Å²) in [4.78, 5) is 11.6. The van der Waals surface area contributed by atoms with E-state index in [0.29, 0.717) is 6.42 Å². The van der Waals surface area contributed by atoms with Crippen LogP contribution in [0.5, 0.6) is 17.2 Å². The molecule has 0 saturated carbocycles. The highest BCUT2D eigenvalue weighted by Crippen LogP contribution is 2.32. The van der Waals surface area contributed by atoms with Gasteiger partial charge in [0.1, 0.15) is 22.8 Å². The maximum atomic E-state index is 11.6. The molecular formula is C11H14O4. The Morgan fingerprint density at radius 3 is 2.20 bits per heavy atom. The summed E-state index contributed by atoms with van der Waals surface area (Å²) in [5, 5.41) is 27.8. The number of ketones is 1. The lowest BCUT2D eigenvalue weighted by Gasteiger charge is -2.06. The van der Waals surface area contributed by atoms with Crippen molar-refractivity contribution in [2.75, 3.05) is 0 Å². The number of aromatic hydroxyl groups is 3. The molecular weight excluding hydrogens is 196 g/mol. The lowest BCUT2D eigenvalue weighted by Crippen LogP contribution is -1.99. The van der Waals surface area contributed by atoms with E-state index in [1.54, 1.807) is 0 Å². The minimum absolute atomic E-state index is 0.110. The molecule has 3 N–H and O–H groups in total. The van der Waals surface area contributed by atoms with Crippen molar-refractivity contribution < 1.29 is 20.1 Å². The number of carbonyl (C=O) groups excluding carboxylic acids is 1. The van der Waals surface area contributed by atoms with Crippen LogP contribution < -0.4 is 0 Å². The lowest BCUT2D eigenvalue weighted by molar-refractivity contribution is 0.0974. The van der Waals surface area contributed by atoms with Gasteiger partial charge in [-0.15, -0.1) is 0 Å². The number of Topliss-reactive ketones (excluding diaryl/α,β-unsaturated/α-hetero) is 1. The van der Waals surface area contributed by atoms with E-state index in [1.807, 2.05) is 6.92 Å². The molecule has 1 aromatic carbocycles. The monoisotopic (exact) mass is 210 g/mol. The van der Waals surface area contributed by atoms with Crippen molar-refractivity contribution in [3.8, 4) is 17.2 Å². The molecule has 82 valence electrons. The molecule has 1 aromatic rings. The van der Waals surface area contributed by atoms with E-state index in [2.05, 4.69) is 0 Å². The Hall–Kier alpha value is -1.71. The fourth-order valence-corrected chi connectivity index (χ4v) is 1.35. The second-order valence-corrected chi connectivity index (χ2v) is 3.39. The first kappa shape index (κ1) is 11.4. The first-order chi connectivity index (χ1) is 7.06. The number of rotatable bonds is 4. The van der Waals surface area contributed by atoms with Crippen LogP contribution in [0.25, 0.3) is 0 Å². The van der Waals surface area contributed by atoms with Crippen LogP contribution in [0.15, 0.2) is 12.1 Å². The number of phenols is 3. The van der Waals surface area contributed by atoms with Crippen molar-refractivity contribution in [2.24, 2.45) is 0 Å². The fourth-order valence-electron chi connectivity index (χ4n) is 1.35. The highest BCUT2D eigenvalue weighted by atomic mass is 16.3. The van der Waals surface area contributed by atoms with Gasteiger partial charge in [0, 0.05) is 18.6 Å². The number of carbonyl (C=O) groups is 1. The summed E-state index contributed by atoms with van der Waals surface area (Å²) >= 11 is 0. The Labute approximate surface area is 87.8 Å². The topological polar surface area (TPSA) is 77.8 Å². The number of benzene rings is 1. The quantitative estimate of drug-likeness (QED) is 0.665. The van der Waals surface area contributed by atoms with Gasteiger partial charge in [-0.2, -0.15) is 0 Å². The van der Waals surface area contributed by atoms with Crippen LogP contribution in [0.2, 0.25) is 0 Å². The first-order valence-electron chi connectivity index (χ1n) is 4.84. The molecule has 0 unspecified atom stereocenters. The average Bonchev–Trinajstić information content (AvgIpc) is 2.12. The predicted molar refractivity (Wildman–Crippen MR) is 55.3 cm³/mol. The van der Waals surface area contributed by atoms with Gasteiger partial charge in [-0.1, -0.05) is 13.3 Å². The van der Waals surface area contributed by atoms with E-state index < -0.39 is 0 Å². The van der Waals surface area contributed by atoms with Gasteiger partial charge in [-0.05, 0) is 6.42 Å². The summed E-state index contributed by atoms with van der Waals surface area (Å²) in [6.07, 6.45) is 1.85. The average molecular weight is 210 g/mol. The van der Waals surface area contributed by atoms with Gasteiger partial charge in [-0.25, -0.2) is 0 Å². The van der Waals surface area contributed by atoms with Gasteiger partial charge >= 0.3 is 0 Å². The Bertz CT molecular complexity index is 348. The molecule has 0 heterocycles. The van der Waals surface area contributed by atoms with Crippen LogP contribution in [0.4, 0.5) is 0 Å². The normalized spacial score (nSPS) is 10.2. The van der Waals surface area contributed by atoms with Crippen LogP contribution >= 0.6 is 0 Å². The van der Waals surface area contributed by atoms with E-state index in [1.165, 1.54) is 0 Å². The molecule has 0 bridgehead atoms. The lowest BCUT2D eigenvalue weighted by atomic mass is 10.0. The van der Waals surface area contributed by atoms with Gasteiger partial charge < -0.3 is 15.3 Å².